The lowest BCUT2D eigenvalue weighted by Crippen LogP contribution is -2.60. The van der Waals surface area contributed by atoms with E-state index in [9.17, 15) is 26.8 Å². The maximum Gasteiger partial charge on any atom is 0.282 e. The Morgan fingerprint density at radius 3 is 2.24 bits per heavy atom. The van der Waals surface area contributed by atoms with Crippen molar-refractivity contribution >= 4 is 38.9 Å². The van der Waals surface area contributed by atoms with E-state index in [0.29, 0.717) is 0 Å². The van der Waals surface area contributed by atoms with Gasteiger partial charge in [-0.1, -0.05) is 11.6 Å². The highest BCUT2D eigenvalue weighted by atomic mass is 35.5. The van der Waals surface area contributed by atoms with Crippen molar-refractivity contribution < 1.29 is 26.8 Å². The Morgan fingerprint density at radius 2 is 1.68 bits per heavy atom. The van der Waals surface area contributed by atoms with Crippen LogP contribution in [0.1, 0.15) is 32.6 Å². The number of likely N-dealkylation sites (tertiary alicyclic amines) is 1. The van der Waals surface area contributed by atoms with Crippen molar-refractivity contribution in [3.05, 3.63) is 23.2 Å². The smallest absolute Gasteiger partial charge is 0.282 e. The van der Waals surface area contributed by atoms with Crippen molar-refractivity contribution in [2.24, 2.45) is 11.8 Å². The maximum absolute atomic E-state index is 13.7. The number of halogens is 3. The normalized spacial score (nSPS) is 29.1. The molecule has 0 aromatic heterocycles. The number of rotatable bonds is 6. The highest BCUT2D eigenvalue weighted by molar-refractivity contribution is 7.92. The minimum Gasteiger partial charge on any atom is -0.369 e. The van der Waals surface area contributed by atoms with E-state index >= 15 is 0 Å². The molecule has 37 heavy (non-hydrogen) atoms. The number of nitrogens with one attached hydrogen (secondary N) is 1. The molecule has 204 valence electrons. The molecular weight excluding hydrogens is 526 g/mol. The molecule has 12 heteroatoms. The molecule has 4 aliphatic rings. The first kappa shape index (κ1) is 26.6. The third kappa shape index (κ3) is 5.31. The van der Waals surface area contributed by atoms with Gasteiger partial charge in [-0.3, -0.25) is 9.59 Å². The van der Waals surface area contributed by atoms with Crippen molar-refractivity contribution in [1.29, 1.82) is 0 Å². The van der Waals surface area contributed by atoms with Gasteiger partial charge >= 0.3 is 0 Å². The van der Waals surface area contributed by atoms with E-state index in [4.69, 9.17) is 11.6 Å². The van der Waals surface area contributed by atoms with Gasteiger partial charge in [-0.15, -0.1) is 0 Å². The molecule has 2 amide bonds. The van der Waals surface area contributed by atoms with Crippen LogP contribution in [0.5, 0.6) is 0 Å². The average molecular weight is 559 g/mol. The minimum atomic E-state index is -3.98. The summed E-state index contributed by atoms with van der Waals surface area (Å²) in [4.78, 5) is 31.6. The summed E-state index contributed by atoms with van der Waals surface area (Å²) in [5.41, 5.74) is 0.485. The fourth-order valence-electron chi connectivity index (χ4n) is 5.57. The second-order valence-electron chi connectivity index (χ2n) is 11.4. The number of sulfone groups is 1. The maximum atomic E-state index is 13.7. The number of nitrogens with zero attached hydrogens (tertiary/aromatic N) is 3. The number of amides is 2. The lowest BCUT2D eigenvalue weighted by Gasteiger charge is -2.40. The number of carbonyl (C=O) groups is 2. The molecule has 8 nitrogen and oxygen atoms in total. The second kappa shape index (κ2) is 9.34. The van der Waals surface area contributed by atoms with E-state index in [2.05, 4.69) is 15.1 Å². The molecule has 2 saturated heterocycles. The first-order chi connectivity index (χ1) is 17.3. The quantitative estimate of drug-likeness (QED) is 0.577. The fraction of sp³-hybridized carbons (Fsp3) is 0.680. The standard InChI is InChI=1S/C25H33ClF2N4O4S/c1-24(5-6-24)29-22(33)18-12-17(13-19(18)23(34)32-14-25(27,28)15-32)37(35,36)21-4-3-16(11-20(21)26)31-9-7-30(2)8-10-31/h3-4,11,17-19H,5-10,12-15H2,1-2H3,(H,29,33)/t17-,18-,19-/m1/s1. The van der Waals surface area contributed by atoms with Gasteiger partial charge in [-0.2, -0.15) is 0 Å². The van der Waals surface area contributed by atoms with Gasteiger partial charge in [-0.05, 0) is 57.9 Å². The van der Waals surface area contributed by atoms with Crippen LogP contribution in [-0.2, 0) is 19.4 Å². The summed E-state index contributed by atoms with van der Waals surface area (Å²) in [6.45, 7) is 3.87. The predicted molar refractivity (Wildman–Crippen MR) is 136 cm³/mol. The number of benzene rings is 1. The van der Waals surface area contributed by atoms with E-state index in [-0.39, 0.29) is 34.2 Å². The van der Waals surface area contributed by atoms with Crippen molar-refractivity contribution in [2.75, 3.05) is 51.2 Å². The summed E-state index contributed by atoms with van der Waals surface area (Å²) in [6.07, 6.45) is 1.45. The van der Waals surface area contributed by atoms with Crippen molar-refractivity contribution in [1.82, 2.24) is 15.1 Å². The molecule has 3 atom stereocenters. The molecule has 1 aromatic rings. The zero-order valence-electron chi connectivity index (χ0n) is 21.1. The minimum absolute atomic E-state index is 0.0334. The van der Waals surface area contributed by atoms with Gasteiger partial charge in [-0.25, -0.2) is 17.2 Å². The lowest BCUT2D eigenvalue weighted by atomic mass is 9.92. The first-order valence-electron chi connectivity index (χ1n) is 12.7. The number of hydrogen-bond donors (Lipinski definition) is 1. The van der Waals surface area contributed by atoms with Gasteiger partial charge in [0.2, 0.25) is 11.8 Å². The summed E-state index contributed by atoms with van der Waals surface area (Å²) in [7, 11) is -1.93. The van der Waals surface area contributed by atoms with Crippen LogP contribution in [-0.4, -0.2) is 93.1 Å². The molecule has 2 heterocycles. The van der Waals surface area contributed by atoms with Crippen LogP contribution in [0.15, 0.2) is 23.1 Å². The monoisotopic (exact) mass is 558 g/mol. The molecule has 0 spiro atoms. The van der Waals surface area contributed by atoms with Crippen LogP contribution in [0, 0.1) is 11.8 Å². The largest absolute Gasteiger partial charge is 0.369 e. The molecule has 5 rings (SSSR count). The van der Waals surface area contributed by atoms with Gasteiger partial charge in [0.15, 0.2) is 9.84 Å². The number of carbonyl (C=O) groups excluding carboxylic acids is 2. The number of alkyl halides is 2. The number of piperazine rings is 1. The molecule has 1 N–H and O–H groups in total. The zero-order valence-corrected chi connectivity index (χ0v) is 22.6. The Labute approximate surface area is 221 Å². The Balaban J connectivity index is 1.36. The van der Waals surface area contributed by atoms with Crippen molar-refractivity contribution in [3.8, 4) is 0 Å². The van der Waals surface area contributed by atoms with Gasteiger partial charge in [0, 0.05) is 37.4 Å². The van der Waals surface area contributed by atoms with Crippen LogP contribution in [0.4, 0.5) is 14.5 Å². The lowest BCUT2D eigenvalue weighted by molar-refractivity contribution is -0.171. The summed E-state index contributed by atoms with van der Waals surface area (Å²) < 4.78 is 54.3. The van der Waals surface area contributed by atoms with Crippen LogP contribution in [0.3, 0.4) is 0 Å². The van der Waals surface area contributed by atoms with Crippen LogP contribution >= 0.6 is 11.6 Å². The summed E-state index contributed by atoms with van der Waals surface area (Å²) in [6, 6.07) is 4.89. The van der Waals surface area contributed by atoms with Crippen LogP contribution < -0.4 is 10.2 Å². The summed E-state index contributed by atoms with van der Waals surface area (Å²) in [5, 5.41) is 2.01. The molecule has 2 aliphatic heterocycles. The average Bonchev–Trinajstić information content (AvgIpc) is 3.35. The number of hydrogen-bond acceptors (Lipinski definition) is 6. The number of anilines is 1. The van der Waals surface area contributed by atoms with Gasteiger partial charge in [0.25, 0.3) is 5.92 Å². The second-order valence-corrected chi connectivity index (χ2v) is 14.0. The van der Waals surface area contributed by atoms with E-state index in [1.807, 2.05) is 14.0 Å². The first-order valence-corrected chi connectivity index (χ1v) is 14.7. The van der Waals surface area contributed by atoms with Crippen LogP contribution in [0.2, 0.25) is 5.02 Å². The van der Waals surface area contributed by atoms with E-state index in [0.717, 1.165) is 49.6 Å². The highest BCUT2D eigenvalue weighted by Crippen LogP contribution is 2.44. The van der Waals surface area contributed by atoms with Crippen molar-refractivity contribution in [2.45, 2.75) is 54.2 Å². The fourth-order valence-corrected chi connectivity index (χ4v) is 7.94. The third-order valence-electron chi connectivity index (χ3n) is 8.28. The third-order valence-corrected chi connectivity index (χ3v) is 10.9. The van der Waals surface area contributed by atoms with Gasteiger partial charge < -0.3 is 20.0 Å². The zero-order chi connectivity index (χ0) is 26.8. The Kier molecular flexibility index (Phi) is 6.72. The molecule has 4 fully saturated rings. The van der Waals surface area contributed by atoms with E-state index in [1.165, 1.54) is 6.07 Å². The van der Waals surface area contributed by atoms with E-state index < -0.39 is 51.8 Å². The van der Waals surface area contributed by atoms with Crippen molar-refractivity contribution in [3.63, 3.8) is 0 Å². The molecule has 2 saturated carbocycles. The topological polar surface area (TPSA) is 90.0 Å². The SMILES string of the molecule is CN1CCN(c2ccc(S(=O)(=O)[C@@H]3C[C@@H](C(=O)NC4(C)CC4)[C@H](C(=O)N4CC(F)(F)C4)C3)c(Cl)c2)CC1. The highest BCUT2D eigenvalue weighted by Gasteiger charge is 2.54. The predicted octanol–water partition coefficient (Wildman–Crippen LogP) is 2.41. The summed E-state index contributed by atoms with van der Waals surface area (Å²) >= 11 is 6.49. The molecule has 0 unspecified atom stereocenters. The molecular formula is C25H33ClF2N4O4S. The Bertz CT molecular complexity index is 1190. The summed E-state index contributed by atoms with van der Waals surface area (Å²) in [5.74, 6) is -5.79. The molecule has 1 aromatic carbocycles. The number of likely N-dealkylation sites (N-methyl/N-ethyl adjacent to an activating group) is 1. The molecule has 0 bridgehead atoms. The Hall–Kier alpha value is -1.98. The van der Waals surface area contributed by atoms with Gasteiger partial charge in [0.05, 0.1) is 40.1 Å². The van der Waals surface area contributed by atoms with Gasteiger partial charge in [0.1, 0.15) is 0 Å². The Morgan fingerprint density at radius 1 is 1.05 bits per heavy atom. The van der Waals surface area contributed by atoms with E-state index in [1.54, 1.807) is 12.1 Å². The molecule has 2 aliphatic carbocycles. The molecule has 0 radical (unpaired) electrons. The van der Waals surface area contributed by atoms with Crippen LogP contribution in [0.25, 0.3) is 0 Å².